The minimum Gasteiger partial charge on any atom is -0.317 e. The molecule has 9 heteroatoms. The van der Waals surface area contributed by atoms with Crippen molar-refractivity contribution in [3.05, 3.63) is 69.7 Å². The summed E-state index contributed by atoms with van der Waals surface area (Å²) in [7, 11) is 0. The number of anilines is 1. The van der Waals surface area contributed by atoms with Gasteiger partial charge in [0.05, 0.1) is 11.4 Å². The molecule has 0 bridgehead atoms. The van der Waals surface area contributed by atoms with Gasteiger partial charge < -0.3 is 5.32 Å². The Kier molecular flexibility index (Phi) is 4.69. The Bertz CT molecular complexity index is 955. The van der Waals surface area contributed by atoms with Gasteiger partial charge in [0, 0.05) is 16.1 Å². The molecule has 0 unspecified atom stereocenters. The molecule has 0 radical (unpaired) electrons. The van der Waals surface area contributed by atoms with Gasteiger partial charge >= 0.3 is 0 Å². The first-order valence-electron chi connectivity index (χ1n) is 7.00. The number of nitrogens with zero attached hydrogens (tertiary/aromatic N) is 3. The summed E-state index contributed by atoms with van der Waals surface area (Å²) in [6.45, 7) is 1.64. The van der Waals surface area contributed by atoms with Crippen molar-refractivity contribution in [2.45, 2.75) is 6.92 Å². The third-order valence-corrected chi connectivity index (χ3v) is 3.68. The minimum atomic E-state index is -0.897. The van der Waals surface area contributed by atoms with Crippen molar-refractivity contribution in [2.24, 2.45) is 0 Å². The molecule has 5 nitrogen and oxygen atoms in total. The van der Waals surface area contributed by atoms with Crippen molar-refractivity contribution in [1.29, 1.82) is 0 Å². The van der Waals surface area contributed by atoms with E-state index >= 15 is 0 Å². The number of rotatable bonds is 3. The molecular formula is C16H10Cl2F2N4O. The highest BCUT2D eigenvalue weighted by molar-refractivity contribution is 6.34. The lowest BCUT2D eigenvalue weighted by molar-refractivity contribution is 0.101. The molecule has 1 aromatic heterocycles. The fraction of sp³-hybridized carbons (Fsp3) is 0.0625. The summed E-state index contributed by atoms with van der Waals surface area (Å²) in [5.41, 5.74) is 0.348. The first-order valence-corrected chi connectivity index (χ1v) is 7.75. The average molecular weight is 383 g/mol. The molecule has 3 rings (SSSR count). The van der Waals surface area contributed by atoms with Crippen LogP contribution in [0.25, 0.3) is 5.69 Å². The van der Waals surface area contributed by atoms with Gasteiger partial charge in [-0.1, -0.05) is 23.2 Å². The lowest BCUT2D eigenvalue weighted by atomic mass is 10.3. The van der Waals surface area contributed by atoms with Crippen molar-refractivity contribution in [2.75, 3.05) is 5.32 Å². The zero-order valence-corrected chi connectivity index (χ0v) is 14.2. The van der Waals surface area contributed by atoms with Crippen molar-refractivity contribution in [3.63, 3.8) is 0 Å². The van der Waals surface area contributed by atoms with Crippen LogP contribution in [-0.4, -0.2) is 20.7 Å². The minimum absolute atomic E-state index is 0.175. The third kappa shape index (κ3) is 3.78. The maximum absolute atomic E-state index is 13.6. The van der Waals surface area contributed by atoms with Crippen LogP contribution < -0.4 is 5.32 Å². The van der Waals surface area contributed by atoms with Crippen molar-refractivity contribution < 1.29 is 13.6 Å². The molecule has 2 aromatic carbocycles. The predicted molar refractivity (Wildman–Crippen MR) is 90.4 cm³/mol. The Morgan fingerprint density at radius 3 is 2.44 bits per heavy atom. The first-order chi connectivity index (χ1) is 11.8. The lowest BCUT2D eigenvalue weighted by Gasteiger charge is -2.05. The molecule has 1 N–H and O–H groups in total. The Balaban J connectivity index is 1.90. The van der Waals surface area contributed by atoms with Crippen LogP contribution in [0.4, 0.5) is 14.5 Å². The number of nitrogens with one attached hydrogen (secondary N) is 1. The number of aryl methyl sites for hydroxylation is 1. The Labute approximate surface area is 151 Å². The molecule has 0 saturated carbocycles. The summed E-state index contributed by atoms with van der Waals surface area (Å²) < 4.78 is 27.9. The van der Waals surface area contributed by atoms with Crippen LogP contribution in [0.5, 0.6) is 0 Å². The highest BCUT2D eigenvalue weighted by Crippen LogP contribution is 2.22. The second kappa shape index (κ2) is 6.78. The summed E-state index contributed by atoms with van der Waals surface area (Å²) in [4.78, 5) is 16.3. The van der Waals surface area contributed by atoms with Crippen LogP contribution in [-0.2, 0) is 0 Å². The van der Waals surface area contributed by atoms with Gasteiger partial charge in [0.25, 0.3) is 5.91 Å². The van der Waals surface area contributed by atoms with E-state index in [1.54, 1.807) is 25.1 Å². The quantitative estimate of drug-likeness (QED) is 0.729. The molecule has 1 heterocycles. The standard InChI is InChI=1S/C16H10Cl2F2N4O/c1-8-21-15(16(25)22-14-3-2-11(19)7-13(14)20)23-24(8)12-5-9(17)4-10(18)6-12/h2-7H,1H3,(H,22,25). The predicted octanol–water partition coefficient (Wildman–Crippen LogP) is 4.41. The number of halogens is 4. The average Bonchev–Trinajstić information content (AvgIpc) is 2.91. The van der Waals surface area contributed by atoms with Crippen molar-refractivity contribution in [1.82, 2.24) is 14.8 Å². The van der Waals surface area contributed by atoms with Crippen LogP contribution >= 0.6 is 23.2 Å². The highest BCUT2D eigenvalue weighted by Gasteiger charge is 2.17. The maximum atomic E-state index is 13.6. The molecule has 0 saturated heterocycles. The van der Waals surface area contributed by atoms with Crippen LogP contribution in [0.15, 0.2) is 36.4 Å². The Morgan fingerprint density at radius 2 is 1.80 bits per heavy atom. The molecule has 0 aliphatic carbocycles. The topological polar surface area (TPSA) is 59.8 Å². The molecule has 3 aromatic rings. The smallest absolute Gasteiger partial charge is 0.295 e. The summed E-state index contributed by atoms with van der Waals surface area (Å²) >= 11 is 11.9. The van der Waals surface area contributed by atoms with E-state index in [-0.39, 0.29) is 11.5 Å². The van der Waals surface area contributed by atoms with E-state index in [9.17, 15) is 13.6 Å². The van der Waals surface area contributed by atoms with Crippen LogP contribution in [0.1, 0.15) is 16.4 Å². The summed E-state index contributed by atoms with van der Waals surface area (Å²) in [6, 6.07) is 7.59. The highest BCUT2D eigenvalue weighted by atomic mass is 35.5. The second-order valence-electron chi connectivity index (χ2n) is 5.10. The van der Waals surface area contributed by atoms with Crippen molar-refractivity contribution in [3.8, 4) is 5.69 Å². The molecule has 0 spiro atoms. The SMILES string of the molecule is Cc1nc(C(=O)Nc2ccc(F)cc2F)nn1-c1cc(Cl)cc(Cl)c1. The number of hydrogen-bond donors (Lipinski definition) is 1. The van der Waals surface area contributed by atoms with Crippen LogP contribution in [0.3, 0.4) is 0 Å². The van der Waals surface area contributed by atoms with Gasteiger partial charge in [0.1, 0.15) is 17.5 Å². The fourth-order valence-corrected chi connectivity index (χ4v) is 2.68. The van der Waals surface area contributed by atoms with Crippen molar-refractivity contribution >= 4 is 34.8 Å². The number of carbonyl (C=O) groups excluding carboxylic acids is 1. The van der Waals surface area contributed by atoms with Gasteiger partial charge in [-0.25, -0.2) is 18.4 Å². The number of aromatic nitrogens is 3. The zero-order valence-electron chi connectivity index (χ0n) is 12.7. The molecule has 128 valence electrons. The van der Waals surface area contributed by atoms with E-state index < -0.39 is 17.5 Å². The van der Waals surface area contributed by atoms with E-state index in [0.29, 0.717) is 27.6 Å². The number of amides is 1. The molecule has 25 heavy (non-hydrogen) atoms. The molecule has 0 atom stereocenters. The van der Waals surface area contributed by atoms with Gasteiger partial charge in [-0.3, -0.25) is 4.79 Å². The molecule has 0 aliphatic heterocycles. The Morgan fingerprint density at radius 1 is 1.12 bits per heavy atom. The summed E-state index contributed by atoms with van der Waals surface area (Å²) in [5.74, 6) is -2.15. The van der Waals surface area contributed by atoms with Gasteiger partial charge in [0.15, 0.2) is 0 Å². The zero-order chi connectivity index (χ0) is 18.1. The largest absolute Gasteiger partial charge is 0.317 e. The normalized spacial score (nSPS) is 10.8. The lowest BCUT2D eigenvalue weighted by Crippen LogP contribution is -2.15. The van der Waals surface area contributed by atoms with Crippen LogP contribution in [0.2, 0.25) is 10.0 Å². The third-order valence-electron chi connectivity index (χ3n) is 3.24. The van der Waals surface area contributed by atoms with Gasteiger partial charge in [-0.15, -0.1) is 5.10 Å². The Hall–Kier alpha value is -2.51. The van der Waals surface area contributed by atoms with Gasteiger partial charge in [0.2, 0.25) is 5.82 Å². The van der Waals surface area contributed by atoms with E-state index in [1.165, 1.54) is 4.68 Å². The van der Waals surface area contributed by atoms with Gasteiger partial charge in [-0.2, -0.15) is 0 Å². The van der Waals surface area contributed by atoms with Gasteiger partial charge in [-0.05, 0) is 37.3 Å². The van der Waals surface area contributed by atoms with E-state index in [1.807, 2.05) is 0 Å². The molecule has 1 amide bonds. The second-order valence-corrected chi connectivity index (χ2v) is 5.97. The molecule has 0 aliphatic rings. The summed E-state index contributed by atoms with van der Waals surface area (Å²) in [6.07, 6.45) is 0. The monoisotopic (exact) mass is 382 g/mol. The van der Waals surface area contributed by atoms with E-state index in [4.69, 9.17) is 23.2 Å². The number of carbonyl (C=O) groups is 1. The molecule has 0 fully saturated rings. The van der Waals surface area contributed by atoms with E-state index in [0.717, 1.165) is 12.1 Å². The number of benzene rings is 2. The fourth-order valence-electron chi connectivity index (χ4n) is 2.16. The summed E-state index contributed by atoms with van der Waals surface area (Å²) in [5, 5.41) is 7.18. The number of hydrogen-bond acceptors (Lipinski definition) is 3. The maximum Gasteiger partial charge on any atom is 0.295 e. The first kappa shape index (κ1) is 17.3. The molecular weight excluding hydrogens is 373 g/mol. The van der Waals surface area contributed by atoms with Crippen LogP contribution in [0, 0.1) is 18.6 Å². The van der Waals surface area contributed by atoms with E-state index in [2.05, 4.69) is 15.4 Å².